The molecule has 1 saturated heterocycles. The SMILES string of the molecule is CC(C)c1cccc(N2CCN(CC(=O)N(C)C)CC2)n1. The molecule has 1 aromatic rings. The number of anilines is 1. The molecule has 1 amide bonds. The molecule has 1 aliphatic rings. The van der Waals surface area contributed by atoms with Crippen molar-refractivity contribution >= 4 is 11.7 Å². The van der Waals surface area contributed by atoms with Crippen molar-refractivity contribution in [2.45, 2.75) is 19.8 Å². The largest absolute Gasteiger partial charge is 0.354 e. The molecule has 116 valence electrons. The van der Waals surface area contributed by atoms with E-state index in [1.807, 2.05) is 0 Å². The van der Waals surface area contributed by atoms with E-state index < -0.39 is 0 Å². The monoisotopic (exact) mass is 290 g/mol. The smallest absolute Gasteiger partial charge is 0.236 e. The number of carbonyl (C=O) groups is 1. The van der Waals surface area contributed by atoms with E-state index in [-0.39, 0.29) is 5.91 Å². The molecule has 5 nitrogen and oxygen atoms in total. The Bertz CT molecular complexity index is 479. The third-order valence-corrected chi connectivity index (χ3v) is 3.90. The van der Waals surface area contributed by atoms with Crippen LogP contribution >= 0.6 is 0 Å². The van der Waals surface area contributed by atoms with E-state index in [0.717, 1.165) is 37.7 Å². The van der Waals surface area contributed by atoms with Crippen LogP contribution in [-0.4, -0.2) is 67.5 Å². The zero-order valence-corrected chi connectivity index (χ0v) is 13.5. The van der Waals surface area contributed by atoms with E-state index in [2.05, 4.69) is 41.8 Å². The molecule has 5 heteroatoms. The molecule has 0 saturated carbocycles. The van der Waals surface area contributed by atoms with Crippen molar-refractivity contribution in [2.24, 2.45) is 0 Å². The number of amides is 1. The lowest BCUT2D eigenvalue weighted by atomic mass is 10.1. The molecule has 0 N–H and O–H groups in total. The van der Waals surface area contributed by atoms with Gasteiger partial charge in [0.25, 0.3) is 0 Å². The van der Waals surface area contributed by atoms with Crippen molar-refractivity contribution in [1.29, 1.82) is 0 Å². The highest BCUT2D eigenvalue weighted by atomic mass is 16.2. The summed E-state index contributed by atoms with van der Waals surface area (Å²) in [6.45, 7) is 8.51. The fourth-order valence-electron chi connectivity index (χ4n) is 2.41. The summed E-state index contributed by atoms with van der Waals surface area (Å²) in [6, 6.07) is 6.24. The summed E-state index contributed by atoms with van der Waals surface area (Å²) in [5.74, 6) is 1.67. The maximum Gasteiger partial charge on any atom is 0.236 e. The molecule has 0 aromatic carbocycles. The van der Waals surface area contributed by atoms with Gasteiger partial charge in [0.15, 0.2) is 0 Å². The van der Waals surface area contributed by atoms with Crippen LogP contribution < -0.4 is 4.90 Å². The minimum Gasteiger partial charge on any atom is -0.354 e. The molecule has 0 aliphatic carbocycles. The van der Waals surface area contributed by atoms with Crippen molar-refractivity contribution in [1.82, 2.24) is 14.8 Å². The Hall–Kier alpha value is -1.62. The number of nitrogens with zero attached hydrogens (tertiary/aromatic N) is 4. The second-order valence-corrected chi connectivity index (χ2v) is 6.13. The van der Waals surface area contributed by atoms with Crippen LogP contribution in [0.2, 0.25) is 0 Å². The average molecular weight is 290 g/mol. The standard InChI is InChI=1S/C16H26N4O/c1-13(2)14-6-5-7-15(17-14)20-10-8-19(9-11-20)12-16(21)18(3)4/h5-7,13H,8-12H2,1-4H3. The number of carbonyl (C=O) groups excluding carboxylic acids is 1. The van der Waals surface area contributed by atoms with Gasteiger partial charge >= 0.3 is 0 Å². The molecule has 1 aromatic heterocycles. The maximum atomic E-state index is 11.7. The third kappa shape index (κ3) is 4.17. The van der Waals surface area contributed by atoms with Gasteiger partial charge in [0.2, 0.25) is 5.91 Å². The van der Waals surface area contributed by atoms with Gasteiger partial charge in [-0.2, -0.15) is 0 Å². The van der Waals surface area contributed by atoms with Crippen molar-refractivity contribution < 1.29 is 4.79 Å². The molecule has 1 fully saturated rings. The van der Waals surface area contributed by atoms with Crippen LogP contribution in [0, 0.1) is 0 Å². The van der Waals surface area contributed by atoms with Crippen molar-refractivity contribution in [3.8, 4) is 0 Å². The number of hydrogen-bond acceptors (Lipinski definition) is 4. The van der Waals surface area contributed by atoms with E-state index in [1.165, 1.54) is 0 Å². The number of rotatable bonds is 4. The van der Waals surface area contributed by atoms with Gasteiger partial charge in [-0.25, -0.2) is 4.98 Å². The first kappa shape index (κ1) is 15.8. The van der Waals surface area contributed by atoms with Crippen molar-refractivity contribution in [2.75, 3.05) is 51.7 Å². The zero-order valence-electron chi connectivity index (χ0n) is 13.5. The van der Waals surface area contributed by atoms with E-state index in [1.54, 1.807) is 19.0 Å². The highest BCUT2D eigenvalue weighted by molar-refractivity contribution is 5.77. The van der Waals surface area contributed by atoms with Gasteiger partial charge in [0.05, 0.1) is 6.54 Å². The first-order valence-corrected chi connectivity index (χ1v) is 7.62. The lowest BCUT2D eigenvalue weighted by Crippen LogP contribution is -2.49. The summed E-state index contributed by atoms with van der Waals surface area (Å²) in [5, 5.41) is 0. The molecule has 1 aliphatic heterocycles. The van der Waals surface area contributed by atoms with Gasteiger partial charge in [-0.15, -0.1) is 0 Å². The summed E-state index contributed by atoms with van der Waals surface area (Å²) in [6.07, 6.45) is 0. The van der Waals surface area contributed by atoms with Crippen LogP contribution in [-0.2, 0) is 4.79 Å². The van der Waals surface area contributed by atoms with Crippen LogP contribution in [0.5, 0.6) is 0 Å². The van der Waals surface area contributed by atoms with Gasteiger partial charge in [-0.05, 0) is 18.1 Å². The molecule has 0 bridgehead atoms. The molecule has 0 atom stereocenters. The van der Waals surface area contributed by atoms with E-state index in [4.69, 9.17) is 4.98 Å². The summed E-state index contributed by atoms with van der Waals surface area (Å²) >= 11 is 0. The Morgan fingerprint density at radius 3 is 2.48 bits per heavy atom. The van der Waals surface area contributed by atoms with Gasteiger partial charge < -0.3 is 9.80 Å². The minimum absolute atomic E-state index is 0.170. The molecular weight excluding hydrogens is 264 g/mol. The van der Waals surface area contributed by atoms with Crippen LogP contribution in [0.4, 0.5) is 5.82 Å². The molecule has 0 spiro atoms. The van der Waals surface area contributed by atoms with Crippen molar-refractivity contribution in [3.63, 3.8) is 0 Å². The molecule has 21 heavy (non-hydrogen) atoms. The topological polar surface area (TPSA) is 39.7 Å². The predicted octanol–water partition coefficient (Wildman–Crippen LogP) is 1.42. The number of hydrogen-bond donors (Lipinski definition) is 0. The van der Waals surface area contributed by atoms with Gasteiger partial charge in [0, 0.05) is 46.0 Å². The molecular formula is C16H26N4O. The summed E-state index contributed by atoms with van der Waals surface area (Å²) in [7, 11) is 3.61. The lowest BCUT2D eigenvalue weighted by molar-refractivity contribution is -0.129. The van der Waals surface area contributed by atoms with E-state index in [0.29, 0.717) is 12.5 Å². The number of pyridine rings is 1. The van der Waals surface area contributed by atoms with Gasteiger partial charge in [0.1, 0.15) is 5.82 Å². The Kier molecular flexibility index (Phi) is 5.17. The fraction of sp³-hybridized carbons (Fsp3) is 0.625. The first-order chi connectivity index (χ1) is 9.97. The second kappa shape index (κ2) is 6.89. The van der Waals surface area contributed by atoms with Crippen LogP contribution in [0.3, 0.4) is 0 Å². The van der Waals surface area contributed by atoms with E-state index in [9.17, 15) is 4.79 Å². The van der Waals surface area contributed by atoms with E-state index >= 15 is 0 Å². The van der Waals surface area contributed by atoms with Crippen LogP contribution in [0.1, 0.15) is 25.5 Å². The predicted molar refractivity (Wildman–Crippen MR) is 85.7 cm³/mol. The van der Waals surface area contributed by atoms with Crippen LogP contribution in [0.25, 0.3) is 0 Å². The second-order valence-electron chi connectivity index (χ2n) is 6.13. The summed E-state index contributed by atoms with van der Waals surface area (Å²) < 4.78 is 0. The minimum atomic E-state index is 0.170. The number of aromatic nitrogens is 1. The van der Waals surface area contributed by atoms with Gasteiger partial charge in [-0.3, -0.25) is 9.69 Å². The van der Waals surface area contributed by atoms with Gasteiger partial charge in [-0.1, -0.05) is 19.9 Å². The Morgan fingerprint density at radius 2 is 1.90 bits per heavy atom. The highest BCUT2D eigenvalue weighted by Gasteiger charge is 2.20. The highest BCUT2D eigenvalue weighted by Crippen LogP contribution is 2.18. The first-order valence-electron chi connectivity index (χ1n) is 7.62. The molecule has 2 rings (SSSR count). The quantitative estimate of drug-likeness (QED) is 0.841. The zero-order chi connectivity index (χ0) is 15.4. The molecule has 0 radical (unpaired) electrons. The molecule has 0 unspecified atom stereocenters. The van der Waals surface area contributed by atoms with Crippen molar-refractivity contribution in [3.05, 3.63) is 23.9 Å². The third-order valence-electron chi connectivity index (χ3n) is 3.90. The van der Waals surface area contributed by atoms with Crippen LogP contribution in [0.15, 0.2) is 18.2 Å². The summed E-state index contributed by atoms with van der Waals surface area (Å²) in [4.78, 5) is 22.7. The number of likely N-dealkylation sites (N-methyl/N-ethyl adjacent to an activating group) is 1. The number of piperazine rings is 1. The summed E-state index contributed by atoms with van der Waals surface area (Å²) in [5.41, 5.74) is 1.14. The normalized spacial score (nSPS) is 16.3. The Balaban J connectivity index is 1.92. The Morgan fingerprint density at radius 1 is 1.24 bits per heavy atom. The molecule has 2 heterocycles. The Labute approximate surface area is 127 Å². The fourth-order valence-corrected chi connectivity index (χ4v) is 2.41. The lowest BCUT2D eigenvalue weighted by Gasteiger charge is -2.35. The maximum absolute atomic E-state index is 11.7. The average Bonchev–Trinajstić information content (AvgIpc) is 2.48.